The van der Waals surface area contributed by atoms with E-state index in [0.29, 0.717) is 5.96 Å². The van der Waals surface area contributed by atoms with E-state index in [1.807, 2.05) is 43.0 Å². The molecule has 6 nitrogen and oxygen atoms in total. The Hall–Kier alpha value is -2.24. The maximum Gasteiger partial charge on any atom is 0.220 e. The van der Waals surface area contributed by atoms with Gasteiger partial charge in [0, 0.05) is 11.8 Å². The molecule has 0 amide bonds. The maximum absolute atomic E-state index is 6.07. The van der Waals surface area contributed by atoms with E-state index in [0.717, 1.165) is 24.5 Å². The van der Waals surface area contributed by atoms with Gasteiger partial charge in [0.25, 0.3) is 0 Å². The minimum absolute atomic E-state index is 0.202. The Bertz CT molecular complexity index is 609. The standard InChI is InChI=1S/C18H29N5O/c1-4-5-6-7-8-12-24-15-11-9-10-14(13-15)23-17(20)21-16(19)22-18(23,2)3/h9-11,13H,4-8,12H2,1-3H3,(H4,19,20,21,22). The summed E-state index contributed by atoms with van der Waals surface area (Å²) in [5.74, 6) is 1.37. The number of aliphatic imine (C=N–C) groups is 2. The Labute approximate surface area is 144 Å². The first-order valence-electron chi connectivity index (χ1n) is 8.66. The van der Waals surface area contributed by atoms with Crippen LogP contribution in [0, 0.1) is 0 Å². The largest absolute Gasteiger partial charge is 0.494 e. The van der Waals surface area contributed by atoms with Gasteiger partial charge in [-0.2, -0.15) is 4.99 Å². The molecule has 0 bridgehead atoms. The monoisotopic (exact) mass is 331 g/mol. The summed E-state index contributed by atoms with van der Waals surface area (Å²) in [6, 6.07) is 7.84. The van der Waals surface area contributed by atoms with E-state index in [9.17, 15) is 0 Å². The zero-order valence-corrected chi connectivity index (χ0v) is 15.0. The van der Waals surface area contributed by atoms with Crippen molar-refractivity contribution in [3.8, 4) is 5.75 Å². The lowest BCUT2D eigenvalue weighted by molar-refractivity contribution is 0.304. The van der Waals surface area contributed by atoms with E-state index in [1.165, 1.54) is 25.7 Å². The van der Waals surface area contributed by atoms with Gasteiger partial charge in [0.2, 0.25) is 11.9 Å². The summed E-state index contributed by atoms with van der Waals surface area (Å²) >= 11 is 0. The van der Waals surface area contributed by atoms with Crippen LogP contribution in [-0.2, 0) is 0 Å². The van der Waals surface area contributed by atoms with E-state index in [1.54, 1.807) is 0 Å². The van der Waals surface area contributed by atoms with Crippen LogP contribution in [0.15, 0.2) is 34.3 Å². The van der Waals surface area contributed by atoms with E-state index < -0.39 is 5.66 Å². The van der Waals surface area contributed by atoms with Crippen LogP contribution in [0.25, 0.3) is 0 Å². The number of rotatable bonds is 8. The van der Waals surface area contributed by atoms with Crippen molar-refractivity contribution in [1.82, 2.24) is 0 Å². The lowest BCUT2D eigenvalue weighted by Gasteiger charge is -2.38. The predicted octanol–water partition coefficient (Wildman–Crippen LogP) is 3.22. The molecule has 0 radical (unpaired) electrons. The Balaban J connectivity index is 2.01. The second-order valence-corrected chi connectivity index (χ2v) is 6.53. The third-order valence-corrected chi connectivity index (χ3v) is 3.99. The number of benzene rings is 1. The van der Waals surface area contributed by atoms with Gasteiger partial charge in [0.15, 0.2) is 0 Å². The number of hydrogen-bond acceptors (Lipinski definition) is 6. The highest BCUT2D eigenvalue weighted by Gasteiger charge is 2.33. The van der Waals surface area contributed by atoms with Crippen molar-refractivity contribution in [2.45, 2.75) is 58.5 Å². The molecule has 0 atom stereocenters. The van der Waals surface area contributed by atoms with Crippen molar-refractivity contribution in [3.05, 3.63) is 24.3 Å². The zero-order chi connectivity index (χ0) is 17.6. The molecular formula is C18H29N5O. The molecule has 0 aliphatic carbocycles. The third kappa shape index (κ3) is 4.63. The third-order valence-electron chi connectivity index (χ3n) is 3.99. The molecule has 1 aromatic rings. The van der Waals surface area contributed by atoms with Gasteiger partial charge in [-0.1, -0.05) is 38.7 Å². The van der Waals surface area contributed by atoms with Crippen molar-refractivity contribution >= 4 is 17.6 Å². The predicted molar refractivity (Wildman–Crippen MR) is 100 cm³/mol. The zero-order valence-electron chi connectivity index (χ0n) is 15.0. The van der Waals surface area contributed by atoms with Crippen LogP contribution < -0.4 is 21.1 Å². The van der Waals surface area contributed by atoms with Gasteiger partial charge in [0.05, 0.1) is 6.61 Å². The Kier molecular flexibility index (Phi) is 6.06. The number of anilines is 1. The van der Waals surface area contributed by atoms with Crippen LogP contribution in [0.4, 0.5) is 5.69 Å². The highest BCUT2D eigenvalue weighted by atomic mass is 16.5. The molecule has 0 saturated heterocycles. The van der Waals surface area contributed by atoms with Crippen molar-refractivity contribution in [1.29, 1.82) is 0 Å². The number of nitrogens with two attached hydrogens (primary N) is 2. The van der Waals surface area contributed by atoms with Crippen molar-refractivity contribution in [2.75, 3.05) is 11.5 Å². The summed E-state index contributed by atoms with van der Waals surface area (Å²) in [7, 11) is 0. The topological polar surface area (TPSA) is 89.2 Å². The molecule has 4 N–H and O–H groups in total. The SMILES string of the molecule is CCCCCCCOc1cccc(N2C(N)=NC(N)=NC2(C)C)c1. The van der Waals surface area contributed by atoms with Gasteiger partial charge in [-0.05, 0) is 32.4 Å². The fraction of sp³-hybridized carbons (Fsp3) is 0.556. The molecule has 6 heteroatoms. The fourth-order valence-electron chi connectivity index (χ4n) is 2.86. The number of guanidine groups is 2. The fourth-order valence-corrected chi connectivity index (χ4v) is 2.86. The first-order chi connectivity index (χ1) is 11.4. The molecule has 24 heavy (non-hydrogen) atoms. The average Bonchev–Trinajstić information content (AvgIpc) is 2.49. The lowest BCUT2D eigenvalue weighted by atomic mass is 10.1. The first kappa shape index (κ1) is 18.1. The smallest absolute Gasteiger partial charge is 0.220 e. The molecule has 1 aromatic carbocycles. The van der Waals surface area contributed by atoms with Gasteiger partial charge >= 0.3 is 0 Å². The summed E-state index contributed by atoms with van der Waals surface area (Å²) in [5.41, 5.74) is 12.1. The minimum Gasteiger partial charge on any atom is -0.494 e. The van der Waals surface area contributed by atoms with E-state index >= 15 is 0 Å². The van der Waals surface area contributed by atoms with Gasteiger partial charge < -0.3 is 16.2 Å². The van der Waals surface area contributed by atoms with E-state index in [4.69, 9.17) is 16.2 Å². The molecule has 1 aliphatic heterocycles. The van der Waals surface area contributed by atoms with Crippen molar-refractivity contribution in [3.63, 3.8) is 0 Å². The molecule has 0 fully saturated rings. The molecule has 2 rings (SSSR count). The van der Waals surface area contributed by atoms with Crippen LogP contribution in [0.5, 0.6) is 5.75 Å². The van der Waals surface area contributed by atoms with E-state index in [-0.39, 0.29) is 5.96 Å². The number of unbranched alkanes of at least 4 members (excludes halogenated alkanes) is 4. The van der Waals surface area contributed by atoms with Crippen LogP contribution >= 0.6 is 0 Å². The maximum atomic E-state index is 6.07. The summed E-state index contributed by atoms with van der Waals surface area (Å²) in [6.07, 6.45) is 6.10. The summed E-state index contributed by atoms with van der Waals surface area (Å²) in [4.78, 5) is 10.3. The normalized spacial score (nSPS) is 16.5. The first-order valence-corrected chi connectivity index (χ1v) is 8.66. The van der Waals surface area contributed by atoms with Gasteiger partial charge in [-0.3, -0.25) is 4.90 Å². The Morgan fingerprint density at radius 1 is 1.12 bits per heavy atom. The Morgan fingerprint density at radius 2 is 1.88 bits per heavy atom. The van der Waals surface area contributed by atoms with E-state index in [2.05, 4.69) is 16.9 Å². The molecule has 0 saturated carbocycles. The Morgan fingerprint density at radius 3 is 2.58 bits per heavy atom. The van der Waals surface area contributed by atoms with Crippen LogP contribution in [-0.4, -0.2) is 24.2 Å². The summed E-state index contributed by atoms with van der Waals surface area (Å²) < 4.78 is 5.87. The number of ether oxygens (including phenoxy) is 1. The highest BCUT2D eigenvalue weighted by molar-refractivity contribution is 6.05. The second kappa shape index (κ2) is 8.04. The number of nitrogens with zero attached hydrogens (tertiary/aromatic N) is 3. The molecule has 0 unspecified atom stereocenters. The average molecular weight is 331 g/mol. The molecule has 132 valence electrons. The second-order valence-electron chi connectivity index (χ2n) is 6.53. The molecule has 0 aromatic heterocycles. The molecular weight excluding hydrogens is 302 g/mol. The molecule has 1 heterocycles. The van der Waals surface area contributed by atoms with Gasteiger partial charge in [-0.25, -0.2) is 4.99 Å². The lowest BCUT2D eigenvalue weighted by Crippen LogP contribution is -2.54. The quantitative estimate of drug-likeness (QED) is 0.716. The summed E-state index contributed by atoms with van der Waals surface area (Å²) in [5, 5.41) is 0. The minimum atomic E-state index is -0.589. The summed E-state index contributed by atoms with van der Waals surface area (Å²) in [6.45, 7) is 6.84. The molecule has 0 spiro atoms. The van der Waals surface area contributed by atoms with Crippen LogP contribution in [0.1, 0.15) is 52.9 Å². The van der Waals surface area contributed by atoms with Crippen LogP contribution in [0.2, 0.25) is 0 Å². The highest BCUT2D eigenvalue weighted by Crippen LogP contribution is 2.29. The van der Waals surface area contributed by atoms with Crippen molar-refractivity contribution in [2.24, 2.45) is 21.5 Å². The number of hydrogen-bond donors (Lipinski definition) is 2. The van der Waals surface area contributed by atoms with Gasteiger partial charge in [-0.15, -0.1) is 0 Å². The molecule has 1 aliphatic rings. The van der Waals surface area contributed by atoms with Crippen molar-refractivity contribution < 1.29 is 4.74 Å². The van der Waals surface area contributed by atoms with Crippen LogP contribution in [0.3, 0.4) is 0 Å². The van der Waals surface area contributed by atoms with Gasteiger partial charge in [0.1, 0.15) is 11.4 Å².